The maximum Gasteiger partial charge on any atom is 0.274 e. The molecule has 11 heteroatoms. The zero-order valence-electron chi connectivity index (χ0n) is 23.2. The minimum atomic E-state index is -0.134. The van der Waals surface area contributed by atoms with Gasteiger partial charge in [0.15, 0.2) is 0 Å². The predicted octanol–water partition coefficient (Wildman–Crippen LogP) is 3.07. The van der Waals surface area contributed by atoms with Crippen LogP contribution >= 0.6 is 11.6 Å². The second-order valence-corrected chi connectivity index (χ2v) is 10.6. The third kappa shape index (κ3) is 7.39. The fourth-order valence-electron chi connectivity index (χ4n) is 5.34. The van der Waals surface area contributed by atoms with Gasteiger partial charge in [-0.3, -0.25) is 9.78 Å². The molecule has 2 aliphatic heterocycles. The monoisotopic (exact) mass is 622 g/mol. The van der Waals surface area contributed by atoms with E-state index < -0.39 is 0 Å². The largest absolute Gasteiger partial charge is 0.506 e. The molecule has 41 heavy (non-hydrogen) atoms. The van der Waals surface area contributed by atoms with Crippen LogP contribution in [-0.2, 0) is 16.8 Å². The Labute approximate surface area is 256 Å². The van der Waals surface area contributed by atoms with Gasteiger partial charge in [-0.15, -0.1) is 11.6 Å². The molecule has 6 N–H and O–H groups in total. The van der Waals surface area contributed by atoms with Crippen molar-refractivity contribution >= 4 is 45.0 Å². The van der Waals surface area contributed by atoms with E-state index in [1.807, 2.05) is 43.3 Å². The molecule has 0 aliphatic carbocycles. The van der Waals surface area contributed by atoms with Gasteiger partial charge in [-0.1, -0.05) is 17.7 Å². The Balaban J connectivity index is 0.000000253. The zero-order valence-corrected chi connectivity index (χ0v) is 25.0. The van der Waals surface area contributed by atoms with Crippen molar-refractivity contribution in [3.05, 3.63) is 65.5 Å². The van der Waals surface area contributed by atoms with E-state index in [0.29, 0.717) is 29.3 Å². The van der Waals surface area contributed by atoms with Crippen molar-refractivity contribution in [3.63, 3.8) is 0 Å². The van der Waals surface area contributed by atoms with Gasteiger partial charge in [-0.05, 0) is 36.8 Å². The number of rotatable bonds is 2. The zero-order chi connectivity index (χ0) is 27.9. The van der Waals surface area contributed by atoms with Crippen LogP contribution in [0.3, 0.4) is 0 Å². The van der Waals surface area contributed by atoms with Crippen LogP contribution in [-0.4, -0.2) is 85.8 Å². The number of nitrogens with one attached hydrogen (secondary N) is 5. The summed E-state index contributed by atoms with van der Waals surface area (Å²) in [7, 11) is 0. The molecule has 0 spiro atoms. The van der Waals surface area contributed by atoms with E-state index in [2.05, 4.69) is 31.2 Å². The number of halogens is 1. The summed E-state index contributed by atoms with van der Waals surface area (Å²) in [4.78, 5) is 22.5. The number of aromatic amines is 1. The molecule has 1 fully saturated rings. The third-order valence-electron chi connectivity index (χ3n) is 7.34. The van der Waals surface area contributed by atoms with Gasteiger partial charge in [0.2, 0.25) is 0 Å². The number of fused-ring (bicyclic) bond motifs is 4. The first kappa shape index (κ1) is 31.2. The maximum absolute atomic E-state index is 13.3. The number of hydrogen-bond acceptors (Lipinski definition) is 7. The van der Waals surface area contributed by atoms with Crippen molar-refractivity contribution in [2.75, 3.05) is 69.7 Å². The Hall–Kier alpha value is -2.70. The van der Waals surface area contributed by atoms with Gasteiger partial charge in [0.25, 0.3) is 5.91 Å². The van der Waals surface area contributed by atoms with E-state index in [0.717, 1.165) is 79.8 Å². The molecule has 1 unspecified atom stereocenters. The topological polar surface area (TPSA) is 117 Å². The summed E-state index contributed by atoms with van der Waals surface area (Å²) >= 11 is 6.24. The number of amides is 1. The number of carbonyl (C=O) groups is 1. The number of carbonyl (C=O) groups excluding carboxylic acids is 1. The van der Waals surface area contributed by atoms with Crippen LogP contribution in [0.25, 0.3) is 21.8 Å². The number of hydrogen-bond donors (Lipinski definition) is 6. The maximum atomic E-state index is 13.3. The second-order valence-electron chi connectivity index (χ2n) is 10.3. The summed E-state index contributed by atoms with van der Waals surface area (Å²) in [5.74, 6) is 0.303. The summed E-state index contributed by atoms with van der Waals surface area (Å²) < 4.78 is 0. The standard InChI is InChI=1S/C22H18ClN3O2.C8H20N4.Co/c1-12-4-5-16-13(7-12)8-17(25-16)22(28)26-11-14(10-23)20-15-3-2-6-24-21(15)19(27)9-18(20)26;1-2-10-5-6-12-8-7-11-4-3-9-1;/h2-9,14,25,27H,10-11H2,1H3;9-12H,1-8H2;. The second kappa shape index (κ2) is 15.0. The number of aromatic hydroxyl groups is 1. The average Bonchev–Trinajstić information content (AvgIpc) is 3.55. The molecule has 0 saturated carbocycles. The first-order valence-corrected chi connectivity index (χ1v) is 14.5. The molecule has 221 valence electrons. The molecule has 4 heterocycles. The summed E-state index contributed by atoms with van der Waals surface area (Å²) in [6.07, 6.45) is 1.65. The van der Waals surface area contributed by atoms with Crippen LogP contribution in [0.4, 0.5) is 5.69 Å². The van der Waals surface area contributed by atoms with E-state index in [1.165, 1.54) is 0 Å². The summed E-state index contributed by atoms with van der Waals surface area (Å²) in [6.45, 7) is 11.1. The van der Waals surface area contributed by atoms with Crippen molar-refractivity contribution in [2.45, 2.75) is 12.8 Å². The van der Waals surface area contributed by atoms with Gasteiger partial charge >= 0.3 is 0 Å². The van der Waals surface area contributed by atoms with Gasteiger partial charge < -0.3 is 36.3 Å². The molecule has 2 aromatic heterocycles. The quantitative estimate of drug-likeness (QED) is 0.190. The van der Waals surface area contributed by atoms with Crippen LogP contribution in [0.1, 0.15) is 27.5 Å². The number of phenolic OH excluding ortho intramolecular Hbond substituents is 1. The molecule has 2 aliphatic rings. The Kier molecular flexibility index (Phi) is 11.4. The number of alkyl halides is 1. The van der Waals surface area contributed by atoms with Crippen molar-refractivity contribution < 1.29 is 26.7 Å². The molecular formula is C30H38ClCoN7O2. The average molecular weight is 623 g/mol. The van der Waals surface area contributed by atoms with Crippen molar-refractivity contribution in [1.82, 2.24) is 31.2 Å². The van der Waals surface area contributed by atoms with Crippen molar-refractivity contribution in [2.24, 2.45) is 0 Å². The number of pyridine rings is 1. The molecule has 1 amide bonds. The Bertz CT molecular complexity index is 1420. The number of benzene rings is 2. The number of phenols is 1. The summed E-state index contributed by atoms with van der Waals surface area (Å²) in [6, 6.07) is 13.3. The number of H-pyrrole nitrogens is 1. The smallest absolute Gasteiger partial charge is 0.274 e. The van der Waals surface area contributed by atoms with E-state index in [-0.39, 0.29) is 34.4 Å². The fraction of sp³-hybridized carbons (Fsp3) is 0.400. The molecule has 0 bridgehead atoms. The number of aryl methyl sites for hydroxylation is 1. The number of anilines is 1. The van der Waals surface area contributed by atoms with Gasteiger partial charge in [-0.2, -0.15) is 0 Å². The van der Waals surface area contributed by atoms with Crippen LogP contribution < -0.4 is 26.2 Å². The Morgan fingerprint density at radius 2 is 1.61 bits per heavy atom. The minimum absolute atomic E-state index is 0. The predicted molar refractivity (Wildman–Crippen MR) is 163 cm³/mol. The molecule has 6 rings (SSSR count). The molecule has 1 atom stereocenters. The van der Waals surface area contributed by atoms with Gasteiger partial charge in [0.1, 0.15) is 17.0 Å². The SMILES string of the molecule is C1CNCCNCCNCCN1.Cc1ccc2[nH]c(C(=O)N3CC(CCl)c4c3cc(O)c3ncccc43)cc2c1.[Co]. The van der Waals surface area contributed by atoms with Crippen LogP contribution in [0.15, 0.2) is 48.7 Å². The molecule has 9 nitrogen and oxygen atoms in total. The molecule has 1 radical (unpaired) electrons. The van der Waals surface area contributed by atoms with Gasteiger partial charge in [-0.25, -0.2) is 0 Å². The molecular weight excluding hydrogens is 585 g/mol. The van der Waals surface area contributed by atoms with Crippen LogP contribution in [0, 0.1) is 6.92 Å². The van der Waals surface area contributed by atoms with Gasteiger partial charge in [0, 0.05) is 116 Å². The van der Waals surface area contributed by atoms with Gasteiger partial charge in [0.05, 0.1) is 5.69 Å². The normalized spacial score (nSPS) is 18.0. The van der Waals surface area contributed by atoms with E-state index in [9.17, 15) is 9.90 Å². The molecule has 1 saturated heterocycles. The van der Waals surface area contributed by atoms with Crippen LogP contribution in [0.5, 0.6) is 5.75 Å². The van der Waals surface area contributed by atoms with Crippen molar-refractivity contribution in [3.8, 4) is 5.75 Å². The summed E-state index contributed by atoms with van der Waals surface area (Å²) in [5.41, 5.74) is 4.79. The molecule has 4 aromatic rings. The fourth-order valence-corrected chi connectivity index (χ4v) is 5.59. The number of aromatic nitrogens is 2. The van der Waals surface area contributed by atoms with Crippen LogP contribution in [0.2, 0.25) is 0 Å². The number of nitrogens with zero attached hydrogens (tertiary/aromatic N) is 2. The van der Waals surface area contributed by atoms with E-state index in [1.54, 1.807) is 17.2 Å². The Morgan fingerprint density at radius 3 is 2.22 bits per heavy atom. The minimum Gasteiger partial charge on any atom is -0.506 e. The third-order valence-corrected chi connectivity index (χ3v) is 7.72. The summed E-state index contributed by atoms with van der Waals surface area (Å²) in [5, 5.41) is 25.7. The first-order valence-electron chi connectivity index (χ1n) is 14.0. The first-order chi connectivity index (χ1) is 19.6. The van der Waals surface area contributed by atoms with Crippen molar-refractivity contribution in [1.29, 1.82) is 0 Å². The molecule has 2 aromatic carbocycles. The Morgan fingerprint density at radius 1 is 0.976 bits per heavy atom. The van der Waals surface area contributed by atoms with E-state index in [4.69, 9.17) is 11.6 Å². The van der Waals surface area contributed by atoms with E-state index >= 15 is 0 Å².